The molecule has 2 aromatic rings. The average molecular weight is 268 g/mol. The van der Waals surface area contributed by atoms with Crippen LogP contribution >= 0.6 is 0 Å². The number of pyridine rings is 1. The van der Waals surface area contributed by atoms with E-state index in [0.29, 0.717) is 18.2 Å². The fraction of sp³-hybridized carbons (Fsp3) is 0.250. The fourth-order valence-electron chi connectivity index (χ4n) is 1.75. The van der Waals surface area contributed by atoms with Gasteiger partial charge in [-0.15, -0.1) is 0 Å². The van der Waals surface area contributed by atoms with Crippen molar-refractivity contribution in [3.05, 3.63) is 52.3 Å². The number of rotatable bonds is 4. The molecule has 102 valence electrons. The van der Waals surface area contributed by atoms with Crippen LogP contribution in [0.25, 0.3) is 11.3 Å². The van der Waals surface area contributed by atoms with E-state index in [1.807, 2.05) is 30.3 Å². The Kier molecular flexibility index (Phi) is 4.21. The molecule has 1 aromatic heterocycles. The van der Waals surface area contributed by atoms with Crippen LogP contribution in [0.4, 0.5) is 0 Å². The van der Waals surface area contributed by atoms with Gasteiger partial charge in [-0.25, -0.2) is 0 Å². The van der Waals surface area contributed by atoms with E-state index in [0.717, 1.165) is 11.3 Å². The lowest BCUT2D eigenvalue weighted by Gasteiger charge is -2.10. The van der Waals surface area contributed by atoms with Crippen molar-refractivity contribution in [2.24, 2.45) is 5.92 Å². The molecular weight excluding hydrogens is 252 g/mol. The summed E-state index contributed by atoms with van der Waals surface area (Å²) in [6, 6.07) is 12.6. The number of nitriles is 1. The maximum Gasteiger partial charge on any atom is 0.266 e. The highest BCUT2D eigenvalue weighted by Gasteiger charge is 2.04. The van der Waals surface area contributed by atoms with Crippen molar-refractivity contribution in [3.8, 4) is 23.1 Å². The molecule has 0 aliphatic rings. The van der Waals surface area contributed by atoms with Crippen molar-refractivity contribution in [2.45, 2.75) is 13.8 Å². The van der Waals surface area contributed by atoms with Crippen molar-refractivity contribution in [1.82, 2.24) is 4.98 Å². The molecule has 1 aromatic carbocycles. The van der Waals surface area contributed by atoms with E-state index < -0.39 is 0 Å². The van der Waals surface area contributed by atoms with E-state index in [4.69, 9.17) is 10.00 Å². The molecule has 0 aliphatic heterocycles. The van der Waals surface area contributed by atoms with Crippen LogP contribution in [0.3, 0.4) is 0 Å². The molecule has 4 heteroatoms. The number of H-pyrrole nitrogens is 1. The summed E-state index contributed by atoms with van der Waals surface area (Å²) in [5.41, 5.74) is 1.26. The number of nitrogens with zero attached hydrogens (tertiary/aromatic N) is 1. The lowest BCUT2D eigenvalue weighted by molar-refractivity contribution is 0.271. The zero-order chi connectivity index (χ0) is 14.5. The van der Waals surface area contributed by atoms with Gasteiger partial charge in [-0.3, -0.25) is 4.79 Å². The van der Waals surface area contributed by atoms with E-state index in [1.54, 1.807) is 6.07 Å². The minimum absolute atomic E-state index is 0.112. The van der Waals surface area contributed by atoms with Gasteiger partial charge in [-0.2, -0.15) is 5.26 Å². The Morgan fingerprint density at radius 1 is 1.30 bits per heavy atom. The number of hydrogen-bond acceptors (Lipinski definition) is 3. The maximum atomic E-state index is 11.6. The smallest absolute Gasteiger partial charge is 0.266 e. The molecule has 0 radical (unpaired) electrons. The van der Waals surface area contributed by atoms with Crippen molar-refractivity contribution in [1.29, 1.82) is 5.26 Å². The number of hydrogen-bond donors (Lipinski definition) is 1. The Morgan fingerprint density at radius 2 is 2.10 bits per heavy atom. The summed E-state index contributed by atoms with van der Waals surface area (Å²) in [5.74, 6) is 1.22. The Balaban J connectivity index is 2.29. The van der Waals surface area contributed by atoms with Gasteiger partial charge >= 0.3 is 0 Å². The number of benzene rings is 1. The quantitative estimate of drug-likeness (QED) is 0.927. The zero-order valence-electron chi connectivity index (χ0n) is 11.5. The highest BCUT2D eigenvalue weighted by atomic mass is 16.5. The third-order valence-corrected chi connectivity index (χ3v) is 2.76. The minimum Gasteiger partial charge on any atom is -0.493 e. The molecule has 1 N–H and O–H groups in total. The standard InChI is InChI=1S/C16H16N2O2/c1-11(2)10-20-14-5-3-4-12(8-14)15-7-6-13(9-17)16(19)18-15/h3-8,11H,10H2,1-2H3,(H,18,19). The summed E-state index contributed by atoms with van der Waals surface area (Å²) < 4.78 is 5.66. The van der Waals surface area contributed by atoms with E-state index >= 15 is 0 Å². The molecule has 0 bridgehead atoms. The van der Waals surface area contributed by atoms with E-state index in [2.05, 4.69) is 18.8 Å². The van der Waals surface area contributed by atoms with E-state index in [1.165, 1.54) is 6.07 Å². The summed E-state index contributed by atoms with van der Waals surface area (Å²) in [6.45, 7) is 4.82. The molecule has 0 atom stereocenters. The van der Waals surface area contributed by atoms with Crippen LogP contribution < -0.4 is 10.3 Å². The van der Waals surface area contributed by atoms with Crippen LogP contribution in [0.5, 0.6) is 5.75 Å². The number of ether oxygens (including phenoxy) is 1. The number of aromatic nitrogens is 1. The summed E-state index contributed by atoms with van der Waals surface area (Å²) in [5, 5.41) is 8.76. The summed E-state index contributed by atoms with van der Waals surface area (Å²) in [7, 11) is 0. The van der Waals surface area contributed by atoms with Crippen LogP contribution in [-0.2, 0) is 0 Å². The third-order valence-electron chi connectivity index (χ3n) is 2.76. The second-order valence-corrected chi connectivity index (χ2v) is 4.96. The first-order valence-electron chi connectivity index (χ1n) is 6.47. The molecule has 4 nitrogen and oxygen atoms in total. The Morgan fingerprint density at radius 3 is 2.75 bits per heavy atom. The zero-order valence-corrected chi connectivity index (χ0v) is 11.5. The Bertz CT molecular complexity index is 696. The molecule has 0 unspecified atom stereocenters. The molecule has 0 saturated heterocycles. The second kappa shape index (κ2) is 6.07. The van der Waals surface area contributed by atoms with Gasteiger partial charge in [-0.05, 0) is 30.2 Å². The molecule has 1 heterocycles. The second-order valence-electron chi connectivity index (χ2n) is 4.96. The van der Waals surface area contributed by atoms with Crippen LogP contribution in [0.15, 0.2) is 41.2 Å². The van der Waals surface area contributed by atoms with Crippen LogP contribution in [0.2, 0.25) is 0 Å². The minimum atomic E-state index is -0.376. The van der Waals surface area contributed by atoms with Gasteiger partial charge in [0.2, 0.25) is 0 Å². The van der Waals surface area contributed by atoms with Crippen LogP contribution in [0.1, 0.15) is 19.4 Å². The van der Waals surface area contributed by atoms with Gasteiger partial charge in [-0.1, -0.05) is 26.0 Å². The molecule has 0 amide bonds. The molecular formula is C16H16N2O2. The lowest BCUT2D eigenvalue weighted by Crippen LogP contribution is -2.10. The van der Waals surface area contributed by atoms with Gasteiger partial charge < -0.3 is 9.72 Å². The predicted molar refractivity (Wildman–Crippen MR) is 77.5 cm³/mol. The normalized spacial score (nSPS) is 10.3. The van der Waals surface area contributed by atoms with E-state index in [-0.39, 0.29) is 11.1 Å². The first kappa shape index (κ1) is 13.9. The van der Waals surface area contributed by atoms with Crippen LogP contribution in [0, 0.1) is 17.2 Å². The first-order valence-corrected chi connectivity index (χ1v) is 6.47. The maximum absolute atomic E-state index is 11.6. The van der Waals surface area contributed by atoms with Crippen molar-refractivity contribution < 1.29 is 4.74 Å². The lowest BCUT2D eigenvalue weighted by atomic mass is 10.1. The molecule has 0 spiro atoms. The summed E-state index contributed by atoms with van der Waals surface area (Å²) in [4.78, 5) is 14.3. The Hall–Kier alpha value is -2.54. The van der Waals surface area contributed by atoms with Gasteiger partial charge in [0.1, 0.15) is 17.4 Å². The van der Waals surface area contributed by atoms with Crippen molar-refractivity contribution in [3.63, 3.8) is 0 Å². The summed E-state index contributed by atoms with van der Waals surface area (Å²) >= 11 is 0. The average Bonchev–Trinajstić information content (AvgIpc) is 2.45. The first-order chi connectivity index (χ1) is 9.60. The molecule has 20 heavy (non-hydrogen) atoms. The predicted octanol–water partition coefficient (Wildman–Crippen LogP) is 2.95. The number of aromatic amines is 1. The molecule has 0 saturated carbocycles. The Labute approximate surface area is 117 Å². The van der Waals surface area contributed by atoms with Gasteiger partial charge in [0, 0.05) is 11.3 Å². The highest BCUT2D eigenvalue weighted by Crippen LogP contribution is 2.22. The van der Waals surface area contributed by atoms with Crippen molar-refractivity contribution >= 4 is 0 Å². The molecule has 0 fully saturated rings. The van der Waals surface area contributed by atoms with Crippen molar-refractivity contribution in [2.75, 3.05) is 6.61 Å². The van der Waals surface area contributed by atoms with Gasteiger partial charge in [0.05, 0.1) is 6.61 Å². The molecule has 2 rings (SSSR count). The fourth-order valence-corrected chi connectivity index (χ4v) is 1.75. The molecule has 0 aliphatic carbocycles. The summed E-state index contributed by atoms with van der Waals surface area (Å²) in [6.07, 6.45) is 0. The number of nitrogens with one attached hydrogen (secondary N) is 1. The third kappa shape index (κ3) is 3.27. The monoisotopic (exact) mass is 268 g/mol. The van der Waals surface area contributed by atoms with Crippen LogP contribution in [-0.4, -0.2) is 11.6 Å². The van der Waals surface area contributed by atoms with Gasteiger partial charge in [0.15, 0.2) is 0 Å². The SMILES string of the molecule is CC(C)COc1cccc(-c2ccc(C#N)c(=O)[nH]2)c1. The highest BCUT2D eigenvalue weighted by molar-refractivity contribution is 5.61. The largest absolute Gasteiger partial charge is 0.493 e. The topological polar surface area (TPSA) is 65.9 Å². The van der Waals surface area contributed by atoms with E-state index in [9.17, 15) is 4.79 Å². The van der Waals surface area contributed by atoms with Gasteiger partial charge in [0.25, 0.3) is 5.56 Å².